The first-order chi connectivity index (χ1) is 17.2. The summed E-state index contributed by atoms with van der Waals surface area (Å²) in [5, 5.41) is 2.28. The molecule has 0 spiro atoms. The van der Waals surface area contributed by atoms with Gasteiger partial charge in [-0.3, -0.25) is 9.10 Å². The molecule has 37 heavy (non-hydrogen) atoms. The standard InChI is InChI=1S/C24H21Cl2F3N2O5S/c1-35-21-11-17(23(32)30-16-8-9-19(26)18(10-16)24(27,28)29)20(12-22(21)36-2)31(37(3,33)34)13-14-4-6-15(25)7-5-14/h4-12H,13H2,1-3H3,(H,30,32). The van der Waals surface area contributed by atoms with E-state index in [2.05, 4.69) is 5.32 Å². The molecule has 7 nitrogen and oxygen atoms in total. The SMILES string of the molecule is COc1cc(C(=O)Nc2ccc(Cl)c(C(F)(F)F)c2)c(N(Cc2ccc(Cl)cc2)S(C)(=O)=O)cc1OC. The van der Waals surface area contributed by atoms with Gasteiger partial charge in [0, 0.05) is 16.8 Å². The first-order valence-electron chi connectivity index (χ1n) is 10.4. The number of hydrogen-bond acceptors (Lipinski definition) is 5. The molecule has 0 aliphatic heterocycles. The number of nitrogens with zero attached hydrogens (tertiary/aromatic N) is 1. The summed E-state index contributed by atoms with van der Waals surface area (Å²) in [4.78, 5) is 13.3. The maximum atomic E-state index is 13.3. The van der Waals surface area contributed by atoms with Crippen molar-refractivity contribution >= 4 is 50.5 Å². The third-order valence-electron chi connectivity index (χ3n) is 5.18. The Hall–Kier alpha value is -3.15. The Kier molecular flexibility index (Phi) is 8.51. The Bertz CT molecular complexity index is 1420. The molecule has 0 aliphatic rings. The Morgan fingerprint density at radius 3 is 2.11 bits per heavy atom. The number of rotatable bonds is 8. The number of benzene rings is 3. The lowest BCUT2D eigenvalue weighted by Crippen LogP contribution is -2.31. The van der Waals surface area contributed by atoms with Gasteiger partial charge < -0.3 is 14.8 Å². The summed E-state index contributed by atoms with van der Waals surface area (Å²) in [6.45, 7) is -0.176. The highest BCUT2D eigenvalue weighted by Crippen LogP contribution is 2.39. The Morgan fingerprint density at radius 2 is 1.57 bits per heavy atom. The van der Waals surface area contributed by atoms with Crippen LogP contribution in [-0.4, -0.2) is 34.8 Å². The third-order valence-corrected chi connectivity index (χ3v) is 6.89. The number of halogens is 5. The average Bonchev–Trinajstić information content (AvgIpc) is 2.82. The van der Waals surface area contributed by atoms with E-state index in [0.29, 0.717) is 16.7 Å². The first-order valence-corrected chi connectivity index (χ1v) is 13.0. The largest absolute Gasteiger partial charge is 0.493 e. The second-order valence-electron chi connectivity index (χ2n) is 7.77. The molecule has 0 bridgehead atoms. The minimum absolute atomic E-state index is 0.0855. The lowest BCUT2D eigenvalue weighted by molar-refractivity contribution is -0.137. The van der Waals surface area contributed by atoms with Crippen molar-refractivity contribution < 1.29 is 35.9 Å². The summed E-state index contributed by atoms with van der Waals surface area (Å²) in [7, 11) is -1.33. The Labute approximate surface area is 221 Å². The maximum Gasteiger partial charge on any atom is 0.417 e. The van der Waals surface area contributed by atoms with Crippen LogP contribution in [0.5, 0.6) is 11.5 Å². The normalized spacial score (nSPS) is 11.7. The molecule has 0 atom stereocenters. The summed E-state index contributed by atoms with van der Waals surface area (Å²) in [5.74, 6) is -0.663. The number of alkyl halides is 3. The first kappa shape index (κ1) is 28.4. The van der Waals surface area contributed by atoms with Gasteiger partial charge >= 0.3 is 6.18 Å². The molecular formula is C24H21Cl2F3N2O5S. The van der Waals surface area contributed by atoms with E-state index >= 15 is 0 Å². The zero-order valence-corrected chi connectivity index (χ0v) is 22.0. The fraction of sp³-hybridized carbons (Fsp3) is 0.208. The van der Waals surface area contributed by atoms with E-state index in [1.165, 1.54) is 32.4 Å². The maximum absolute atomic E-state index is 13.3. The van der Waals surface area contributed by atoms with Gasteiger partial charge in [-0.15, -0.1) is 0 Å². The van der Waals surface area contributed by atoms with Crippen LogP contribution in [0.2, 0.25) is 10.0 Å². The molecule has 0 unspecified atom stereocenters. The van der Waals surface area contributed by atoms with Gasteiger partial charge in [0.05, 0.1) is 48.9 Å². The van der Waals surface area contributed by atoms with Crippen molar-refractivity contribution in [3.8, 4) is 11.5 Å². The molecule has 0 fully saturated rings. The molecule has 1 amide bonds. The second-order valence-corrected chi connectivity index (χ2v) is 10.5. The van der Waals surface area contributed by atoms with E-state index in [9.17, 15) is 26.4 Å². The van der Waals surface area contributed by atoms with Gasteiger partial charge in [-0.05, 0) is 42.0 Å². The third kappa shape index (κ3) is 6.79. The molecule has 3 aromatic carbocycles. The molecule has 0 saturated heterocycles. The highest BCUT2D eigenvalue weighted by atomic mass is 35.5. The van der Waals surface area contributed by atoms with Crippen molar-refractivity contribution in [2.75, 3.05) is 30.1 Å². The van der Waals surface area contributed by atoms with Gasteiger partial charge in [0.2, 0.25) is 10.0 Å². The van der Waals surface area contributed by atoms with Gasteiger partial charge in [0.1, 0.15) is 0 Å². The Morgan fingerprint density at radius 1 is 0.973 bits per heavy atom. The number of anilines is 2. The smallest absolute Gasteiger partial charge is 0.417 e. The second kappa shape index (κ2) is 11.1. The van der Waals surface area contributed by atoms with Crippen LogP contribution >= 0.6 is 23.2 Å². The lowest BCUT2D eigenvalue weighted by Gasteiger charge is -2.26. The molecule has 0 radical (unpaired) electrons. The molecule has 3 aromatic rings. The van der Waals surface area contributed by atoms with Crippen LogP contribution in [0.15, 0.2) is 54.6 Å². The predicted octanol–water partition coefficient (Wildman–Crippen LogP) is 6.25. The molecule has 0 saturated carbocycles. The van der Waals surface area contributed by atoms with Crippen molar-refractivity contribution in [2.45, 2.75) is 12.7 Å². The van der Waals surface area contributed by atoms with Crippen LogP contribution < -0.4 is 19.1 Å². The number of amides is 1. The molecule has 198 valence electrons. The van der Waals surface area contributed by atoms with Gasteiger partial charge in [0.15, 0.2) is 11.5 Å². The summed E-state index contributed by atoms with van der Waals surface area (Å²) >= 11 is 11.6. The predicted molar refractivity (Wildman–Crippen MR) is 136 cm³/mol. The van der Waals surface area contributed by atoms with Gasteiger partial charge in [-0.1, -0.05) is 35.3 Å². The van der Waals surface area contributed by atoms with Crippen molar-refractivity contribution in [1.82, 2.24) is 0 Å². The van der Waals surface area contributed by atoms with Gasteiger partial charge in [-0.25, -0.2) is 8.42 Å². The zero-order valence-electron chi connectivity index (χ0n) is 19.7. The van der Waals surface area contributed by atoms with E-state index in [1.807, 2.05) is 0 Å². The van der Waals surface area contributed by atoms with Gasteiger partial charge in [0.25, 0.3) is 5.91 Å². The van der Waals surface area contributed by atoms with E-state index in [4.69, 9.17) is 32.7 Å². The summed E-state index contributed by atoms with van der Waals surface area (Å²) in [6.07, 6.45) is -3.80. The topological polar surface area (TPSA) is 84.9 Å². The molecular weight excluding hydrogens is 556 g/mol. The van der Waals surface area contributed by atoms with E-state index in [0.717, 1.165) is 16.6 Å². The van der Waals surface area contributed by atoms with Crippen LogP contribution in [0.1, 0.15) is 21.5 Å². The summed E-state index contributed by atoms with van der Waals surface area (Å²) in [6, 6.07) is 11.8. The number of ether oxygens (including phenoxy) is 2. The van der Waals surface area contributed by atoms with Gasteiger partial charge in [-0.2, -0.15) is 13.2 Å². The van der Waals surface area contributed by atoms with Crippen LogP contribution in [0.3, 0.4) is 0 Å². The fourth-order valence-corrected chi connectivity index (χ4v) is 4.65. The minimum atomic E-state index is -4.75. The minimum Gasteiger partial charge on any atom is -0.493 e. The fourth-order valence-electron chi connectivity index (χ4n) is 3.41. The average molecular weight is 577 g/mol. The highest BCUT2D eigenvalue weighted by molar-refractivity contribution is 7.92. The lowest BCUT2D eigenvalue weighted by atomic mass is 10.1. The molecule has 1 N–H and O–H groups in total. The van der Waals surface area contributed by atoms with Crippen LogP contribution in [0.4, 0.5) is 24.5 Å². The number of sulfonamides is 1. The quantitative estimate of drug-likeness (QED) is 0.342. The molecule has 0 aromatic heterocycles. The number of nitrogens with one attached hydrogen (secondary N) is 1. The van der Waals surface area contributed by atoms with Crippen LogP contribution in [0, 0.1) is 0 Å². The Balaban J connectivity index is 2.13. The van der Waals surface area contributed by atoms with Crippen LogP contribution in [-0.2, 0) is 22.7 Å². The number of methoxy groups -OCH3 is 2. The molecule has 13 heteroatoms. The number of carbonyl (C=O) groups is 1. The van der Waals surface area contributed by atoms with Crippen molar-refractivity contribution in [3.05, 3.63) is 81.3 Å². The van der Waals surface area contributed by atoms with E-state index in [-0.39, 0.29) is 35.0 Å². The summed E-state index contributed by atoms with van der Waals surface area (Å²) in [5.41, 5.74) is -1.06. The monoisotopic (exact) mass is 576 g/mol. The van der Waals surface area contributed by atoms with Crippen molar-refractivity contribution in [3.63, 3.8) is 0 Å². The molecule has 0 heterocycles. The molecule has 0 aliphatic carbocycles. The van der Waals surface area contributed by atoms with E-state index in [1.54, 1.807) is 24.3 Å². The summed E-state index contributed by atoms with van der Waals surface area (Å²) < 4.78 is 77.1. The number of carbonyl (C=O) groups excluding carboxylic acids is 1. The zero-order chi connectivity index (χ0) is 27.5. The highest BCUT2D eigenvalue weighted by Gasteiger charge is 2.34. The molecule has 3 rings (SSSR count). The van der Waals surface area contributed by atoms with Crippen molar-refractivity contribution in [1.29, 1.82) is 0 Å². The number of hydrogen-bond donors (Lipinski definition) is 1. The van der Waals surface area contributed by atoms with E-state index < -0.39 is 32.7 Å². The van der Waals surface area contributed by atoms with Crippen molar-refractivity contribution in [2.24, 2.45) is 0 Å². The van der Waals surface area contributed by atoms with Crippen LogP contribution in [0.25, 0.3) is 0 Å².